The van der Waals surface area contributed by atoms with E-state index < -0.39 is 0 Å². The lowest BCUT2D eigenvalue weighted by atomic mass is 10.2. The van der Waals surface area contributed by atoms with Gasteiger partial charge in [-0.05, 0) is 35.9 Å². The fourth-order valence-electron chi connectivity index (χ4n) is 2.83. The van der Waals surface area contributed by atoms with Crippen molar-refractivity contribution in [3.05, 3.63) is 107 Å². The third kappa shape index (κ3) is 6.10. The van der Waals surface area contributed by atoms with Crippen LogP contribution < -0.4 is 10.1 Å². The van der Waals surface area contributed by atoms with E-state index in [-0.39, 0.29) is 5.91 Å². The molecule has 5 nitrogen and oxygen atoms in total. The highest BCUT2D eigenvalue weighted by molar-refractivity contribution is 7.13. The van der Waals surface area contributed by atoms with Crippen molar-refractivity contribution in [2.45, 2.75) is 13.2 Å². The van der Waals surface area contributed by atoms with Crippen molar-refractivity contribution in [1.82, 2.24) is 15.3 Å². The van der Waals surface area contributed by atoms with E-state index in [1.54, 1.807) is 23.6 Å². The summed E-state index contributed by atoms with van der Waals surface area (Å²) in [6, 6.07) is 23.3. The van der Waals surface area contributed by atoms with Crippen molar-refractivity contribution in [2.75, 3.05) is 0 Å². The summed E-state index contributed by atoms with van der Waals surface area (Å²) >= 11 is 1.57. The highest BCUT2D eigenvalue weighted by Crippen LogP contribution is 2.23. The van der Waals surface area contributed by atoms with Gasteiger partial charge < -0.3 is 10.1 Å². The van der Waals surface area contributed by atoms with Crippen LogP contribution in [0.15, 0.2) is 90.4 Å². The lowest BCUT2D eigenvalue weighted by Gasteiger charge is -2.05. The van der Waals surface area contributed by atoms with E-state index in [9.17, 15) is 4.79 Å². The Kier molecular flexibility index (Phi) is 6.82. The van der Waals surface area contributed by atoms with E-state index in [1.165, 1.54) is 6.08 Å². The molecule has 0 bridgehead atoms. The molecule has 0 aliphatic carbocycles. The smallest absolute Gasteiger partial charge is 0.244 e. The van der Waals surface area contributed by atoms with Gasteiger partial charge in [-0.2, -0.15) is 0 Å². The number of benzene rings is 2. The van der Waals surface area contributed by atoms with E-state index >= 15 is 0 Å². The van der Waals surface area contributed by atoms with Crippen molar-refractivity contribution in [3.8, 4) is 16.3 Å². The molecule has 6 heteroatoms. The second kappa shape index (κ2) is 10.3. The van der Waals surface area contributed by atoms with Crippen molar-refractivity contribution in [2.24, 2.45) is 0 Å². The molecule has 0 fully saturated rings. The molecule has 4 aromatic rings. The Balaban J connectivity index is 1.25. The molecule has 0 radical (unpaired) electrons. The Morgan fingerprint density at radius 1 is 0.968 bits per heavy atom. The predicted molar refractivity (Wildman–Crippen MR) is 123 cm³/mol. The summed E-state index contributed by atoms with van der Waals surface area (Å²) in [6.45, 7) is 0.813. The number of amides is 1. The molecule has 4 rings (SSSR count). The molecule has 1 N–H and O–H groups in total. The number of nitrogens with zero attached hydrogens (tertiary/aromatic N) is 2. The lowest BCUT2D eigenvalue weighted by molar-refractivity contribution is -0.116. The minimum absolute atomic E-state index is 0.162. The topological polar surface area (TPSA) is 64.1 Å². The number of carbonyl (C=O) groups is 1. The van der Waals surface area contributed by atoms with Gasteiger partial charge in [-0.25, -0.2) is 4.98 Å². The first-order valence-electron chi connectivity index (χ1n) is 9.85. The summed E-state index contributed by atoms with van der Waals surface area (Å²) in [5.74, 6) is 0.592. The number of aromatic nitrogens is 2. The number of hydrogen-bond donors (Lipinski definition) is 1. The molecule has 2 aromatic heterocycles. The van der Waals surface area contributed by atoms with Gasteiger partial charge in [0.05, 0.1) is 17.9 Å². The Bertz CT molecular complexity index is 1140. The van der Waals surface area contributed by atoms with Crippen LogP contribution in [0, 0.1) is 0 Å². The maximum absolute atomic E-state index is 12.1. The second-order valence-corrected chi connectivity index (χ2v) is 7.60. The molecule has 0 saturated carbocycles. The standard InChI is InChI=1S/C25H21N3O2S/c29-24(27-16-22-18-31-25(28-22)20-6-2-1-3-7-20)14-11-19-9-12-23(13-10-19)30-17-21-8-4-5-15-26-21/h1-15,18H,16-17H2,(H,27,29). The van der Waals surface area contributed by atoms with Crippen LogP contribution >= 0.6 is 11.3 Å². The molecular weight excluding hydrogens is 406 g/mol. The minimum Gasteiger partial charge on any atom is -0.487 e. The number of pyridine rings is 1. The lowest BCUT2D eigenvalue weighted by Crippen LogP contribution is -2.20. The SMILES string of the molecule is O=C(C=Cc1ccc(OCc2ccccn2)cc1)NCc1csc(-c2ccccc2)n1. The van der Waals surface area contributed by atoms with Gasteiger partial charge in [0.25, 0.3) is 0 Å². The molecule has 0 saturated heterocycles. The zero-order chi connectivity index (χ0) is 21.3. The maximum atomic E-state index is 12.1. The summed E-state index contributed by atoms with van der Waals surface area (Å²) in [7, 11) is 0. The molecule has 0 unspecified atom stereocenters. The third-order valence-electron chi connectivity index (χ3n) is 4.44. The summed E-state index contributed by atoms with van der Waals surface area (Å²) in [5.41, 5.74) is 3.72. The first-order valence-corrected chi connectivity index (χ1v) is 10.7. The average Bonchev–Trinajstić information content (AvgIpc) is 3.31. The first kappa shape index (κ1) is 20.5. The molecule has 1 amide bonds. The summed E-state index contributed by atoms with van der Waals surface area (Å²) in [6.07, 6.45) is 5.04. The van der Waals surface area contributed by atoms with Gasteiger partial charge in [-0.15, -0.1) is 11.3 Å². The van der Waals surface area contributed by atoms with Gasteiger partial charge >= 0.3 is 0 Å². The summed E-state index contributed by atoms with van der Waals surface area (Å²) in [5, 5.41) is 5.79. The zero-order valence-corrected chi connectivity index (χ0v) is 17.6. The van der Waals surface area contributed by atoms with Crippen molar-refractivity contribution >= 4 is 23.3 Å². The fourth-order valence-corrected chi connectivity index (χ4v) is 3.65. The summed E-state index contributed by atoms with van der Waals surface area (Å²) in [4.78, 5) is 21.0. The Morgan fingerprint density at radius 2 is 1.77 bits per heavy atom. The normalized spacial score (nSPS) is 10.8. The fraction of sp³-hybridized carbons (Fsp3) is 0.0800. The Labute approximate surface area is 185 Å². The van der Waals surface area contributed by atoms with Crippen molar-refractivity contribution < 1.29 is 9.53 Å². The molecule has 0 aliphatic rings. The number of ether oxygens (including phenoxy) is 1. The Hall–Kier alpha value is -3.77. The van der Waals surface area contributed by atoms with Crippen LogP contribution in [0.2, 0.25) is 0 Å². The first-order chi connectivity index (χ1) is 15.3. The number of thiazole rings is 1. The van der Waals surface area contributed by atoms with Crippen LogP contribution in [0.5, 0.6) is 5.75 Å². The number of hydrogen-bond acceptors (Lipinski definition) is 5. The monoisotopic (exact) mass is 427 g/mol. The largest absolute Gasteiger partial charge is 0.487 e. The average molecular weight is 428 g/mol. The van der Waals surface area contributed by atoms with Crippen molar-refractivity contribution in [1.29, 1.82) is 0 Å². The van der Waals surface area contributed by atoms with E-state index in [1.807, 2.05) is 78.2 Å². The molecule has 154 valence electrons. The minimum atomic E-state index is -0.162. The van der Waals surface area contributed by atoms with E-state index in [2.05, 4.69) is 15.3 Å². The van der Waals surface area contributed by atoms with Gasteiger partial charge in [0, 0.05) is 23.2 Å². The van der Waals surface area contributed by atoms with Crippen LogP contribution in [0.1, 0.15) is 17.0 Å². The van der Waals surface area contributed by atoms with Crippen LogP contribution in [0.25, 0.3) is 16.6 Å². The molecular formula is C25H21N3O2S. The van der Waals surface area contributed by atoms with E-state index in [4.69, 9.17) is 4.74 Å². The molecule has 0 aliphatic heterocycles. The van der Waals surface area contributed by atoms with Crippen LogP contribution in [0.3, 0.4) is 0 Å². The second-order valence-electron chi connectivity index (χ2n) is 6.74. The highest BCUT2D eigenvalue weighted by atomic mass is 32.1. The molecule has 31 heavy (non-hydrogen) atoms. The summed E-state index contributed by atoms with van der Waals surface area (Å²) < 4.78 is 5.72. The van der Waals surface area contributed by atoms with Gasteiger partial charge in [-0.3, -0.25) is 9.78 Å². The molecule has 2 aromatic carbocycles. The maximum Gasteiger partial charge on any atom is 0.244 e. The zero-order valence-electron chi connectivity index (χ0n) is 16.8. The molecule has 2 heterocycles. The number of rotatable bonds is 8. The van der Waals surface area contributed by atoms with Gasteiger partial charge in [0.15, 0.2) is 0 Å². The van der Waals surface area contributed by atoms with E-state index in [0.29, 0.717) is 13.2 Å². The van der Waals surface area contributed by atoms with Crippen LogP contribution in [0.4, 0.5) is 0 Å². The number of nitrogens with one attached hydrogen (secondary N) is 1. The number of carbonyl (C=O) groups excluding carboxylic acids is 1. The molecule has 0 atom stereocenters. The van der Waals surface area contributed by atoms with Gasteiger partial charge in [-0.1, -0.05) is 48.5 Å². The third-order valence-corrected chi connectivity index (χ3v) is 5.38. The van der Waals surface area contributed by atoms with Crippen LogP contribution in [-0.2, 0) is 17.9 Å². The Morgan fingerprint density at radius 3 is 2.55 bits per heavy atom. The highest BCUT2D eigenvalue weighted by Gasteiger charge is 2.05. The van der Waals surface area contributed by atoms with Gasteiger partial charge in [0.1, 0.15) is 17.4 Å². The van der Waals surface area contributed by atoms with Crippen molar-refractivity contribution in [3.63, 3.8) is 0 Å². The quantitative estimate of drug-likeness (QED) is 0.397. The predicted octanol–water partition coefficient (Wildman–Crippen LogP) is 5.11. The van der Waals surface area contributed by atoms with Crippen LogP contribution in [-0.4, -0.2) is 15.9 Å². The van der Waals surface area contributed by atoms with Gasteiger partial charge in [0.2, 0.25) is 5.91 Å². The molecule has 0 spiro atoms. The van der Waals surface area contributed by atoms with E-state index in [0.717, 1.165) is 33.3 Å².